The molecule has 3 heteroatoms. The van der Waals surface area contributed by atoms with Crippen LogP contribution < -0.4 is 10.5 Å². The number of hydrogen-bond acceptors (Lipinski definition) is 3. The Kier molecular flexibility index (Phi) is 6.16. The van der Waals surface area contributed by atoms with Gasteiger partial charge in [0.25, 0.3) is 0 Å². The molecule has 0 aliphatic rings. The van der Waals surface area contributed by atoms with Crippen LogP contribution in [0.3, 0.4) is 0 Å². The Morgan fingerprint density at radius 1 is 1.39 bits per heavy atom. The topological polar surface area (TPSA) is 55.5 Å². The summed E-state index contributed by atoms with van der Waals surface area (Å²) in [4.78, 5) is 0. The summed E-state index contributed by atoms with van der Waals surface area (Å²) in [5.74, 6) is 1.43. The second-order valence-corrected chi connectivity index (χ2v) is 4.85. The van der Waals surface area contributed by atoms with Crippen molar-refractivity contribution >= 4 is 0 Å². The second-order valence-electron chi connectivity index (χ2n) is 4.85. The van der Waals surface area contributed by atoms with E-state index >= 15 is 0 Å². The number of benzene rings is 1. The van der Waals surface area contributed by atoms with Gasteiger partial charge in [0.2, 0.25) is 0 Å². The number of methoxy groups -OCH3 is 1. The Balaban J connectivity index is 2.91. The number of aliphatic hydroxyl groups is 1. The van der Waals surface area contributed by atoms with Crippen molar-refractivity contribution in [3.63, 3.8) is 0 Å². The summed E-state index contributed by atoms with van der Waals surface area (Å²) in [5.41, 5.74) is 8.17. The molecule has 1 aromatic rings. The van der Waals surface area contributed by atoms with Crippen LogP contribution in [0.2, 0.25) is 0 Å². The first-order valence-electron chi connectivity index (χ1n) is 6.63. The van der Waals surface area contributed by atoms with Crippen LogP contribution in [0, 0.1) is 5.92 Å². The van der Waals surface area contributed by atoms with Gasteiger partial charge in [0.05, 0.1) is 7.11 Å². The lowest BCUT2D eigenvalue weighted by atomic mass is 9.89. The summed E-state index contributed by atoms with van der Waals surface area (Å²) in [6.45, 7) is 4.98. The first kappa shape index (κ1) is 15.0. The Hall–Kier alpha value is -1.06. The van der Waals surface area contributed by atoms with Gasteiger partial charge in [0.1, 0.15) is 5.75 Å². The van der Waals surface area contributed by atoms with Gasteiger partial charge in [-0.15, -0.1) is 0 Å². The van der Waals surface area contributed by atoms with Gasteiger partial charge in [-0.3, -0.25) is 0 Å². The van der Waals surface area contributed by atoms with Crippen LogP contribution >= 0.6 is 0 Å². The zero-order valence-corrected chi connectivity index (χ0v) is 11.6. The Morgan fingerprint density at radius 2 is 2.11 bits per heavy atom. The van der Waals surface area contributed by atoms with E-state index < -0.39 is 0 Å². The Labute approximate surface area is 110 Å². The van der Waals surface area contributed by atoms with Crippen LogP contribution in [0.5, 0.6) is 5.75 Å². The van der Waals surface area contributed by atoms with Crippen molar-refractivity contribution in [2.24, 2.45) is 11.7 Å². The van der Waals surface area contributed by atoms with Crippen LogP contribution in [0.4, 0.5) is 0 Å². The molecule has 0 saturated carbocycles. The Morgan fingerprint density at radius 3 is 2.61 bits per heavy atom. The maximum absolute atomic E-state index is 9.24. The first-order chi connectivity index (χ1) is 8.65. The van der Waals surface area contributed by atoms with E-state index in [2.05, 4.69) is 26.0 Å². The smallest absolute Gasteiger partial charge is 0.122 e. The summed E-state index contributed by atoms with van der Waals surface area (Å²) in [5, 5.41) is 9.24. The minimum absolute atomic E-state index is 0.149. The lowest BCUT2D eigenvalue weighted by Crippen LogP contribution is -2.20. The molecule has 0 bridgehead atoms. The summed E-state index contributed by atoms with van der Waals surface area (Å²) in [6.07, 6.45) is 1.90. The van der Waals surface area contributed by atoms with Crippen LogP contribution in [0.1, 0.15) is 37.3 Å². The van der Waals surface area contributed by atoms with Crippen molar-refractivity contribution in [3.8, 4) is 5.75 Å². The molecule has 0 amide bonds. The van der Waals surface area contributed by atoms with Crippen molar-refractivity contribution < 1.29 is 9.84 Å². The third-order valence-electron chi connectivity index (χ3n) is 3.51. The molecule has 0 saturated heterocycles. The maximum atomic E-state index is 9.24. The molecule has 2 atom stereocenters. The van der Waals surface area contributed by atoms with Gasteiger partial charge in [-0.2, -0.15) is 0 Å². The Bertz CT molecular complexity index is 362. The van der Waals surface area contributed by atoms with Crippen molar-refractivity contribution in [1.82, 2.24) is 0 Å². The van der Waals surface area contributed by atoms with E-state index in [1.54, 1.807) is 7.11 Å². The molecule has 3 nitrogen and oxygen atoms in total. The fourth-order valence-electron chi connectivity index (χ4n) is 2.26. The van der Waals surface area contributed by atoms with Gasteiger partial charge in [0, 0.05) is 6.61 Å². The number of aliphatic hydroxyl groups excluding tert-OH is 1. The SMILES string of the molecule is CCc1ccc(OC)c(C(C)CC(CN)CO)c1. The molecule has 0 aromatic heterocycles. The van der Waals surface area contributed by atoms with E-state index in [4.69, 9.17) is 10.5 Å². The molecule has 0 fully saturated rings. The van der Waals surface area contributed by atoms with Gasteiger partial charge in [0.15, 0.2) is 0 Å². The van der Waals surface area contributed by atoms with E-state index in [-0.39, 0.29) is 12.5 Å². The highest BCUT2D eigenvalue weighted by Gasteiger charge is 2.16. The van der Waals surface area contributed by atoms with Crippen LogP contribution in [-0.2, 0) is 6.42 Å². The van der Waals surface area contributed by atoms with Gasteiger partial charge in [-0.05, 0) is 48.4 Å². The lowest BCUT2D eigenvalue weighted by Gasteiger charge is -2.20. The molecule has 2 unspecified atom stereocenters. The summed E-state index contributed by atoms with van der Waals surface area (Å²) in [6, 6.07) is 6.33. The van der Waals surface area contributed by atoms with Crippen LogP contribution in [-0.4, -0.2) is 25.4 Å². The molecule has 102 valence electrons. The van der Waals surface area contributed by atoms with Gasteiger partial charge >= 0.3 is 0 Å². The van der Waals surface area contributed by atoms with E-state index in [1.807, 2.05) is 6.07 Å². The summed E-state index contributed by atoms with van der Waals surface area (Å²) >= 11 is 0. The van der Waals surface area contributed by atoms with E-state index in [0.29, 0.717) is 12.5 Å². The zero-order valence-electron chi connectivity index (χ0n) is 11.6. The molecule has 0 aliphatic carbocycles. The third kappa shape index (κ3) is 3.72. The largest absolute Gasteiger partial charge is 0.496 e. The lowest BCUT2D eigenvalue weighted by molar-refractivity contribution is 0.216. The molecule has 3 N–H and O–H groups in total. The maximum Gasteiger partial charge on any atom is 0.122 e. The van der Waals surface area contributed by atoms with Gasteiger partial charge in [-0.1, -0.05) is 26.0 Å². The second kappa shape index (κ2) is 7.39. The van der Waals surface area contributed by atoms with E-state index in [9.17, 15) is 5.11 Å². The number of nitrogens with two attached hydrogens (primary N) is 1. The van der Waals surface area contributed by atoms with Gasteiger partial charge < -0.3 is 15.6 Å². The predicted molar refractivity (Wildman–Crippen MR) is 75.0 cm³/mol. The number of rotatable bonds is 7. The number of ether oxygens (including phenoxy) is 1. The molecule has 0 radical (unpaired) electrons. The average molecular weight is 251 g/mol. The molecule has 0 spiro atoms. The van der Waals surface area contributed by atoms with Crippen LogP contribution in [0.25, 0.3) is 0 Å². The number of hydrogen-bond donors (Lipinski definition) is 2. The average Bonchev–Trinajstić information content (AvgIpc) is 2.43. The predicted octanol–water partition coefficient (Wildman–Crippen LogP) is 2.32. The normalized spacial score (nSPS) is 14.3. The fraction of sp³-hybridized carbons (Fsp3) is 0.600. The quantitative estimate of drug-likeness (QED) is 0.782. The summed E-state index contributed by atoms with van der Waals surface area (Å²) in [7, 11) is 1.70. The molecule has 1 rings (SSSR count). The fourth-order valence-corrected chi connectivity index (χ4v) is 2.26. The molecule has 0 aliphatic heterocycles. The van der Waals surface area contributed by atoms with Crippen molar-refractivity contribution in [3.05, 3.63) is 29.3 Å². The van der Waals surface area contributed by atoms with Crippen LogP contribution in [0.15, 0.2) is 18.2 Å². The molecular formula is C15H25NO2. The third-order valence-corrected chi connectivity index (χ3v) is 3.51. The monoisotopic (exact) mass is 251 g/mol. The highest BCUT2D eigenvalue weighted by molar-refractivity contribution is 5.39. The molecule has 18 heavy (non-hydrogen) atoms. The minimum atomic E-state index is 0.149. The van der Waals surface area contributed by atoms with Crippen molar-refractivity contribution in [1.29, 1.82) is 0 Å². The summed E-state index contributed by atoms with van der Waals surface area (Å²) < 4.78 is 5.42. The molecular weight excluding hydrogens is 226 g/mol. The highest BCUT2D eigenvalue weighted by atomic mass is 16.5. The van der Waals surface area contributed by atoms with Crippen molar-refractivity contribution in [2.45, 2.75) is 32.6 Å². The standard InChI is InChI=1S/C15H25NO2/c1-4-12-5-6-15(18-3)14(8-12)11(2)7-13(9-16)10-17/h5-6,8,11,13,17H,4,7,9-10,16H2,1-3H3. The van der Waals surface area contributed by atoms with E-state index in [1.165, 1.54) is 11.1 Å². The minimum Gasteiger partial charge on any atom is -0.496 e. The van der Waals surface area contributed by atoms with E-state index in [0.717, 1.165) is 18.6 Å². The van der Waals surface area contributed by atoms with Crippen molar-refractivity contribution in [2.75, 3.05) is 20.3 Å². The highest BCUT2D eigenvalue weighted by Crippen LogP contribution is 2.31. The van der Waals surface area contributed by atoms with Gasteiger partial charge in [-0.25, -0.2) is 0 Å². The molecule has 1 aromatic carbocycles. The first-order valence-corrected chi connectivity index (χ1v) is 6.63. The number of aryl methyl sites for hydroxylation is 1. The zero-order chi connectivity index (χ0) is 13.5. The molecule has 0 heterocycles.